The standard InChI is InChI=1S/C26H27NO5/c1-5-8-19-13-17(2)23(18(3)14-19)24-22(32-26(29)31-12-11-30-4)16-20(25(24)28)15-21-9-6-7-10-27-21/h6-7,9-10,13-14,20H,11-12,15-16H2,1-4H3. The van der Waals surface area contributed by atoms with E-state index in [9.17, 15) is 9.59 Å². The Balaban J connectivity index is 1.96. The number of nitrogens with zero attached hydrogens (tertiary/aromatic N) is 1. The van der Waals surface area contributed by atoms with Crippen LogP contribution in [0.15, 0.2) is 42.3 Å². The number of allylic oxidation sites excluding steroid dienone is 2. The van der Waals surface area contributed by atoms with E-state index in [2.05, 4.69) is 16.8 Å². The molecule has 6 heteroatoms. The maximum atomic E-state index is 13.5. The fraction of sp³-hybridized carbons (Fsp3) is 0.346. The molecular formula is C26H27NO5. The molecule has 1 aromatic carbocycles. The summed E-state index contributed by atoms with van der Waals surface area (Å²) in [6.45, 7) is 5.99. The molecule has 0 aliphatic heterocycles. The predicted molar refractivity (Wildman–Crippen MR) is 121 cm³/mol. The zero-order valence-corrected chi connectivity index (χ0v) is 18.9. The second kappa shape index (κ2) is 10.7. The minimum atomic E-state index is -0.843. The van der Waals surface area contributed by atoms with Gasteiger partial charge in [0, 0.05) is 43.3 Å². The topological polar surface area (TPSA) is 74.7 Å². The first-order valence-electron chi connectivity index (χ1n) is 10.5. The van der Waals surface area contributed by atoms with Crippen molar-refractivity contribution in [3.63, 3.8) is 0 Å². The minimum absolute atomic E-state index is 0.0594. The summed E-state index contributed by atoms with van der Waals surface area (Å²) in [5.41, 5.74) is 4.71. The number of ether oxygens (including phenoxy) is 3. The van der Waals surface area contributed by atoms with Gasteiger partial charge in [0.1, 0.15) is 12.4 Å². The summed E-state index contributed by atoms with van der Waals surface area (Å²) in [7, 11) is 1.52. The fourth-order valence-corrected chi connectivity index (χ4v) is 3.96. The first kappa shape index (κ1) is 23.2. The van der Waals surface area contributed by atoms with Crippen molar-refractivity contribution < 1.29 is 23.8 Å². The van der Waals surface area contributed by atoms with E-state index in [4.69, 9.17) is 14.2 Å². The first-order chi connectivity index (χ1) is 15.4. The van der Waals surface area contributed by atoms with E-state index in [1.54, 1.807) is 13.1 Å². The minimum Gasteiger partial charge on any atom is -0.432 e. The van der Waals surface area contributed by atoms with Crippen molar-refractivity contribution in [2.75, 3.05) is 20.3 Å². The summed E-state index contributed by atoms with van der Waals surface area (Å²) in [6, 6.07) is 9.50. The molecular weight excluding hydrogens is 406 g/mol. The summed E-state index contributed by atoms with van der Waals surface area (Å²) >= 11 is 0. The van der Waals surface area contributed by atoms with Gasteiger partial charge < -0.3 is 14.2 Å². The summed E-state index contributed by atoms with van der Waals surface area (Å²) < 4.78 is 15.5. The van der Waals surface area contributed by atoms with Crippen LogP contribution in [-0.4, -0.2) is 37.2 Å². The molecule has 0 spiro atoms. The zero-order valence-electron chi connectivity index (χ0n) is 18.9. The largest absolute Gasteiger partial charge is 0.513 e. The number of benzene rings is 1. The molecule has 1 atom stereocenters. The number of Topliss-reactive ketones (excluding diaryl/α,β-unsaturated/α-hetero) is 1. The fourth-order valence-electron chi connectivity index (χ4n) is 3.96. The van der Waals surface area contributed by atoms with Gasteiger partial charge in [0.25, 0.3) is 0 Å². The van der Waals surface area contributed by atoms with Gasteiger partial charge in [-0.15, -0.1) is 5.92 Å². The van der Waals surface area contributed by atoms with Crippen LogP contribution in [0.1, 0.15) is 41.3 Å². The van der Waals surface area contributed by atoms with Crippen molar-refractivity contribution in [3.05, 3.63) is 70.2 Å². The van der Waals surface area contributed by atoms with E-state index in [0.717, 1.165) is 27.9 Å². The summed E-state index contributed by atoms with van der Waals surface area (Å²) in [6.07, 6.45) is 1.63. The highest BCUT2D eigenvalue weighted by molar-refractivity contribution is 6.25. The van der Waals surface area contributed by atoms with Gasteiger partial charge >= 0.3 is 6.16 Å². The van der Waals surface area contributed by atoms with Gasteiger partial charge in [-0.05, 0) is 61.7 Å². The third kappa shape index (κ3) is 5.43. The Hall–Kier alpha value is -3.43. The van der Waals surface area contributed by atoms with Crippen molar-refractivity contribution >= 4 is 17.5 Å². The number of pyridine rings is 1. The van der Waals surface area contributed by atoms with E-state index in [-0.39, 0.29) is 24.9 Å². The monoisotopic (exact) mass is 433 g/mol. The molecule has 1 aromatic heterocycles. The average molecular weight is 434 g/mol. The van der Waals surface area contributed by atoms with Gasteiger partial charge in [0.05, 0.1) is 12.2 Å². The average Bonchev–Trinajstić information content (AvgIpc) is 3.04. The molecule has 0 bridgehead atoms. The summed E-state index contributed by atoms with van der Waals surface area (Å²) in [4.78, 5) is 30.1. The Labute approximate surface area is 188 Å². The Morgan fingerprint density at radius 1 is 1.19 bits per heavy atom. The first-order valence-corrected chi connectivity index (χ1v) is 10.5. The number of carbonyl (C=O) groups excluding carboxylic acids is 2. The van der Waals surface area contributed by atoms with Gasteiger partial charge in [0.15, 0.2) is 5.78 Å². The SMILES string of the molecule is CC#Cc1cc(C)c(C2=C(OC(=O)OCCOC)CC(Cc3ccccn3)C2=O)c(C)c1. The Morgan fingerprint density at radius 2 is 1.94 bits per heavy atom. The molecule has 3 rings (SSSR count). The van der Waals surface area contributed by atoms with E-state index in [1.807, 2.05) is 44.2 Å². The maximum absolute atomic E-state index is 13.5. The number of aromatic nitrogens is 1. The molecule has 0 N–H and O–H groups in total. The lowest BCUT2D eigenvalue weighted by atomic mass is 9.89. The van der Waals surface area contributed by atoms with Crippen molar-refractivity contribution in [1.82, 2.24) is 4.98 Å². The molecule has 0 fully saturated rings. The molecule has 0 radical (unpaired) electrons. The molecule has 0 saturated heterocycles. The van der Waals surface area contributed by atoms with Crippen LogP contribution in [0, 0.1) is 31.6 Å². The number of carbonyl (C=O) groups is 2. The van der Waals surface area contributed by atoms with E-state index in [1.165, 1.54) is 7.11 Å². The molecule has 1 aliphatic rings. The molecule has 1 unspecified atom stereocenters. The summed E-state index contributed by atoms with van der Waals surface area (Å²) in [5.74, 6) is 5.86. The number of hydrogen-bond donors (Lipinski definition) is 0. The summed E-state index contributed by atoms with van der Waals surface area (Å²) in [5, 5.41) is 0. The number of rotatable bonds is 7. The highest BCUT2D eigenvalue weighted by Crippen LogP contribution is 2.40. The molecule has 2 aromatic rings. The van der Waals surface area contributed by atoms with E-state index >= 15 is 0 Å². The smallest absolute Gasteiger partial charge is 0.432 e. The molecule has 0 saturated carbocycles. The van der Waals surface area contributed by atoms with Gasteiger partial charge in [-0.2, -0.15) is 0 Å². The van der Waals surface area contributed by atoms with Gasteiger partial charge in [-0.1, -0.05) is 12.0 Å². The highest BCUT2D eigenvalue weighted by atomic mass is 16.7. The lowest BCUT2D eigenvalue weighted by Crippen LogP contribution is -2.14. The van der Waals surface area contributed by atoms with Gasteiger partial charge in [-0.3, -0.25) is 9.78 Å². The Bertz CT molecular complexity index is 1070. The lowest BCUT2D eigenvalue weighted by Gasteiger charge is -2.14. The number of hydrogen-bond acceptors (Lipinski definition) is 6. The highest BCUT2D eigenvalue weighted by Gasteiger charge is 2.38. The second-order valence-electron chi connectivity index (χ2n) is 7.64. The van der Waals surface area contributed by atoms with E-state index in [0.29, 0.717) is 24.2 Å². The maximum Gasteiger partial charge on any atom is 0.513 e. The Morgan fingerprint density at radius 3 is 2.56 bits per heavy atom. The number of aryl methyl sites for hydroxylation is 2. The van der Waals surface area contributed by atoms with Crippen molar-refractivity contribution in [1.29, 1.82) is 0 Å². The van der Waals surface area contributed by atoms with Crippen LogP contribution in [0.25, 0.3) is 5.57 Å². The molecule has 166 valence electrons. The quantitative estimate of drug-likeness (QED) is 0.366. The number of ketones is 1. The second-order valence-corrected chi connectivity index (χ2v) is 7.64. The van der Waals surface area contributed by atoms with Crippen molar-refractivity contribution in [3.8, 4) is 11.8 Å². The van der Waals surface area contributed by atoms with E-state index < -0.39 is 6.16 Å². The molecule has 32 heavy (non-hydrogen) atoms. The van der Waals surface area contributed by atoms with Gasteiger partial charge in [0.2, 0.25) is 0 Å². The van der Waals surface area contributed by atoms with Crippen LogP contribution in [0.5, 0.6) is 0 Å². The van der Waals surface area contributed by atoms with Crippen LogP contribution in [0.4, 0.5) is 4.79 Å². The normalized spacial score (nSPS) is 15.4. The van der Waals surface area contributed by atoms with Crippen LogP contribution < -0.4 is 0 Å². The zero-order chi connectivity index (χ0) is 23.1. The van der Waals surface area contributed by atoms with Crippen LogP contribution in [-0.2, 0) is 25.4 Å². The lowest BCUT2D eigenvalue weighted by molar-refractivity contribution is -0.116. The van der Waals surface area contributed by atoms with Crippen LogP contribution in [0.2, 0.25) is 0 Å². The van der Waals surface area contributed by atoms with Crippen LogP contribution >= 0.6 is 0 Å². The molecule has 6 nitrogen and oxygen atoms in total. The number of methoxy groups -OCH3 is 1. The van der Waals surface area contributed by atoms with Gasteiger partial charge in [-0.25, -0.2) is 4.79 Å². The molecule has 1 heterocycles. The predicted octanol–water partition coefficient (Wildman–Crippen LogP) is 4.41. The van der Waals surface area contributed by atoms with Crippen molar-refractivity contribution in [2.24, 2.45) is 5.92 Å². The third-order valence-electron chi connectivity index (χ3n) is 5.28. The molecule has 1 aliphatic carbocycles. The van der Waals surface area contributed by atoms with Crippen molar-refractivity contribution in [2.45, 2.75) is 33.6 Å². The molecule has 0 amide bonds. The third-order valence-corrected chi connectivity index (χ3v) is 5.28. The Kier molecular flexibility index (Phi) is 7.80. The van der Waals surface area contributed by atoms with Crippen LogP contribution in [0.3, 0.4) is 0 Å².